The zero-order chi connectivity index (χ0) is 8.20. The monoisotopic (exact) mass is 169 g/mol. The van der Waals surface area contributed by atoms with Gasteiger partial charge >= 0.3 is 0 Å². The Balaban J connectivity index is 3.36. The Morgan fingerprint density at radius 2 is 1.90 bits per heavy atom. The molecule has 1 unspecified atom stereocenters. The second kappa shape index (κ2) is 4.15. The molecule has 0 aromatic heterocycles. The number of rotatable bonds is 4. The standard InChI is InChI=1S/C5H15NO3S/c1-2-5(6)3-4-10(7,8)9/h5,7-9H,2-4,6H2,1H3. The van der Waals surface area contributed by atoms with Crippen molar-refractivity contribution in [1.82, 2.24) is 0 Å². The molecule has 0 saturated heterocycles. The molecule has 5 N–H and O–H groups in total. The second-order valence-corrected chi connectivity index (χ2v) is 3.97. The van der Waals surface area contributed by atoms with Crippen LogP contribution in [0.1, 0.15) is 19.8 Å². The minimum absolute atomic E-state index is 0.0119. The average Bonchev–Trinajstić information content (AvgIpc) is 1.81. The van der Waals surface area contributed by atoms with Crippen molar-refractivity contribution in [3.63, 3.8) is 0 Å². The lowest BCUT2D eigenvalue weighted by atomic mass is 10.2. The van der Waals surface area contributed by atoms with Crippen molar-refractivity contribution < 1.29 is 13.7 Å². The minimum Gasteiger partial charge on any atom is -0.328 e. The van der Waals surface area contributed by atoms with Crippen molar-refractivity contribution in [1.29, 1.82) is 0 Å². The van der Waals surface area contributed by atoms with Crippen molar-refractivity contribution >= 4 is 10.9 Å². The summed E-state index contributed by atoms with van der Waals surface area (Å²) in [4.78, 5) is 0. The Labute approximate surface area is 62.6 Å². The summed E-state index contributed by atoms with van der Waals surface area (Å²) in [5.74, 6) is -0.0119. The van der Waals surface area contributed by atoms with E-state index >= 15 is 0 Å². The summed E-state index contributed by atoms with van der Waals surface area (Å²) < 4.78 is 25.5. The summed E-state index contributed by atoms with van der Waals surface area (Å²) in [6, 6.07) is -0.0432. The SMILES string of the molecule is CCC(N)CCS(O)(O)O. The van der Waals surface area contributed by atoms with Crippen LogP contribution in [0.25, 0.3) is 0 Å². The molecule has 4 nitrogen and oxygen atoms in total. The van der Waals surface area contributed by atoms with E-state index in [1.54, 1.807) is 0 Å². The second-order valence-electron chi connectivity index (χ2n) is 2.29. The largest absolute Gasteiger partial charge is 0.328 e. The summed E-state index contributed by atoms with van der Waals surface area (Å²) in [7, 11) is -3.31. The van der Waals surface area contributed by atoms with Crippen molar-refractivity contribution in [2.24, 2.45) is 5.73 Å². The predicted molar refractivity (Wildman–Crippen MR) is 43.2 cm³/mol. The molecule has 0 amide bonds. The van der Waals surface area contributed by atoms with Gasteiger partial charge in [-0.15, -0.1) is 0 Å². The fraction of sp³-hybridized carbons (Fsp3) is 1.00. The van der Waals surface area contributed by atoms with Gasteiger partial charge in [0, 0.05) is 11.8 Å². The third-order valence-electron chi connectivity index (χ3n) is 1.29. The lowest BCUT2D eigenvalue weighted by Crippen LogP contribution is -2.21. The molecule has 0 aliphatic carbocycles. The number of nitrogens with two attached hydrogens (primary N) is 1. The molecule has 0 saturated carbocycles. The lowest BCUT2D eigenvalue weighted by Gasteiger charge is -2.20. The van der Waals surface area contributed by atoms with Crippen LogP contribution in [0.4, 0.5) is 0 Å². The van der Waals surface area contributed by atoms with Gasteiger partial charge in [0.05, 0.1) is 10.9 Å². The highest BCUT2D eigenvalue weighted by Gasteiger charge is 2.12. The van der Waals surface area contributed by atoms with Gasteiger partial charge < -0.3 is 19.4 Å². The normalized spacial score (nSPS) is 16.9. The van der Waals surface area contributed by atoms with Gasteiger partial charge in [-0.3, -0.25) is 0 Å². The fourth-order valence-electron chi connectivity index (χ4n) is 0.514. The Morgan fingerprint density at radius 1 is 1.40 bits per heavy atom. The van der Waals surface area contributed by atoms with Gasteiger partial charge in [-0.25, -0.2) is 0 Å². The van der Waals surface area contributed by atoms with Gasteiger partial charge in [-0.1, -0.05) is 6.92 Å². The van der Waals surface area contributed by atoms with Gasteiger partial charge in [0.25, 0.3) is 0 Å². The lowest BCUT2D eigenvalue weighted by molar-refractivity contribution is 0.372. The van der Waals surface area contributed by atoms with E-state index in [-0.39, 0.29) is 11.8 Å². The minimum atomic E-state index is -3.31. The maximum absolute atomic E-state index is 8.50. The molecule has 0 bridgehead atoms. The molecular formula is C5H15NO3S. The number of hydrogen-bond donors (Lipinski definition) is 4. The first-order valence-electron chi connectivity index (χ1n) is 3.19. The van der Waals surface area contributed by atoms with Crippen LogP contribution in [0.2, 0.25) is 0 Å². The molecule has 0 aromatic carbocycles. The van der Waals surface area contributed by atoms with Gasteiger partial charge in [0.1, 0.15) is 0 Å². The Hall–Kier alpha value is 0.190. The molecule has 64 valence electrons. The van der Waals surface area contributed by atoms with E-state index in [0.717, 1.165) is 6.42 Å². The molecule has 0 aliphatic heterocycles. The highest BCUT2D eigenvalue weighted by atomic mass is 32.3. The van der Waals surface area contributed by atoms with E-state index in [9.17, 15) is 0 Å². The fourth-order valence-corrected chi connectivity index (χ4v) is 1.13. The zero-order valence-corrected chi connectivity index (χ0v) is 6.84. The topological polar surface area (TPSA) is 86.7 Å². The molecule has 0 aromatic rings. The third kappa shape index (κ3) is 6.31. The zero-order valence-electron chi connectivity index (χ0n) is 6.03. The summed E-state index contributed by atoms with van der Waals surface area (Å²) in [6.07, 6.45) is 1.24. The first-order chi connectivity index (χ1) is 4.45. The van der Waals surface area contributed by atoms with Crippen LogP contribution >= 0.6 is 10.9 Å². The predicted octanol–water partition coefficient (Wildman–Crippen LogP) is 1.34. The van der Waals surface area contributed by atoms with Crippen LogP contribution in [0.15, 0.2) is 0 Å². The molecule has 0 aliphatic rings. The molecule has 10 heavy (non-hydrogen) atoms. The first kappa shape index (κ1) is 10.2. The van der Waals surface area contributed by atoms with Gasteiger partial charge in [-0.05, 0) is 12.8 Å². The molecule has 0 spiro atoms. The van der Waals surface area contributed by atoms with E-state index < -0.39 is 10.9 Å². The van der Waals surface area contributed by atoms with E-state index in [0.29, 0.717) is 6.42 Å². The average molecular weight is 169 g/mol. The van der Waals surface area contributed by atoms with Gasteiger partial charge in [-0.2, -0.15) is 0 Å². The van der Waals surface area contributed by atoms with Crippen LogP contribution in [0, 0.1) is 0 Å². The highest BCUT2D eigenvalue weighted by Crippen LogP contribution is 2.33. The van der Waals surface area contributed by atoms with E-state index in [2.05, 4.69) is 0 Å². The molecule has 1 atom stereocenters. The maximum atomic E-state index is 8.50. The van der Waals surface area contributed by atoms with Crippen LogP contribution in [-0.2, 0) is 0 Å². The van der Waals surface area contributed by atoms with Crippen LogP contribution < -0.4 is 5.73 Å². The molecule has 0 rings (SSSR count). The Bertz CT molecular complexity index is 93.4. The van der Waals surface area contributed by atoms with E-state index in [1.807, 2.05) is 6.92 Å². The quantitative estimate of drug-likeness (QED) is 0.511. The molecule has 5 heteroatoms. The summed E-state index contributed by atoms with van der Waals surface area (Å²) >= 11 is 0. The molecule has 0 radical (unpaired) electrons. The molecular weight excluding hydrogens is 154 g/mol. The van der Waals surface area contributed by atoms with E-state index in [4.69, 9.17) is 19.4 Å². The van der Waals surface area contributed by atoms with Crippen LogP contribution in [-0.4, -0.2) is 25.5 Å². The maximum Gasteiger partial charge on any atom is 0.0810 e. The van der Waals surface area contributed by atoms with Crippen molar-refractivity contribution in [2.45, 2.75) is 25.8 Å². The molecule has 0 fully saturated rings. The van der Waals surface area contributed by atoms with Gasteiger partial charge in [0.2, 0.25) is 0 Å². The van der Waals surface area contributed by atoms with Crippen molar-refractivity contribution in [2.75, 3.05) is 5.75 Å². The Morgan fingerprint density at radius 3 is 2.20 bits per heavy atom. The summed E-state index contributed by atoms with van der Waals surface area (Å²) in [5.41, 5.74) is 5.46. The van der Waals surface area contributed by atoms with Crippen molar-refractivity contribution in [3.8, 4) is 0 Å². The smallest absolute Gasteiger partial charge is 0.0810 e. The summed E-state index contributed by atoms with van der Waals surface area (Å²) in [5, 5.41) is 0. The number of hydrogen-bond acceptors (Lipinski definition) is 4. The van der Waals surface area contributed by atoms with Crippen LogP contribution in [0.3, 0.4) is 0 Å². The third-order valence-corrected chi connectivity index (χ3v) is 2.07. The first-order valence-corrected chi connectivity index (χ1v) is 4.87. The van der Waals surface area contributed by atoms with Crippen molar-refractivity contribution in [3.05, 3.63) is 0 Å². The van der Waals surface area contributed by atoms with Crippen LogP contribution in [0.5, 0.6) is 0 Å². The highest BCUT2D eigenvalue weighted by molar-refractivity contribution is 8.19. The van der Waals surface area contributed by atoms with Gasteiger partial charge in [0.15, 0.2) is 0 Å². The van der Waals surface area contributed by atoms with E-state index in [1.165, 1.54) is 0 Å². The Kier molecular flexibility index (Phi) is 4.23. The summed E-state index contributed by atoms with van der Waals surface area (Å²) in [6.45, 7) is 1.91. The molecule has 0 heterocycles.